The van der Waals surface area contributed by atoms with Gasteiger partial charge in [0.2, 0.25) is 0 Å². The Morgan fingerprint density at radius 2 is 2.00 bits per heavy atom. The van der Waals surface area contributed by atoms with Crippen LogP contribution in [-0.2, 0) is 6.42 Å². The molecule has 1 nitrogen and oxygen atoms in total. The molecule has 0 radical (unpaired) electrons. The summed E-state index contributed by atoms with van der Waals surface area (Å²) in [6.07, 6.45) is 1.02. The van der Waals surface area contributed by atoms with Crippen molar-refractivity contribution < 1.29 is 4.79 Å². The van der Waals surface area contributed by atoms with Gasteiger partial charge in [-0.1, -0.05) is 27.7 Å². The Balaban J connectivity index is 2.79. The zero-order chi connectivity index (χ0) is 10.7. The molecule has 0 aromatic carbocycles. The van der Waals surface area contributed by atoms with Crippen molar-refractivity contribution in [1.82, 2.24) is 0 Å². The van der Waals surface area contributed by atoms with Gasteiger partial charge in [-0.2, -0.15) is 0 Å². The summed E-state index contributed by atoms with van der Waals surface area (Å²) in [4.78, 5) is 14.1. The minimum atomic E-state index is 0.137. The van der Waals surface area contributed by atoms with Gasteiger partial charge in [0.05, 0.1) is 4.88 Å². The first kappa shape index (κ1) is 11.4. The molecule has 1 aromatic rings. The van der Waals surface area contributed by atoms with E-state index < -0.39 is 0 Å². The Bertz CT molecular complexity index is 312. The maximum absolute atomic E-state index is 11.9. The molecule has 78 valence electrons. The Morgan fingerprint density at radius 3 is 2.43 bits per heavy atom. The summed E-state index contributed by atoms with van der Waals surface area (Å²) in [6.45, 7) is 8.32. The number of Topliss-reactive ketones (excluding diaryl/α,β-unsaturated/α-hetero) is 1. The molecule has 0 bridgehead atoms. The van der Waals surface area contributed by atoms with Gasteiger partial charge < -0.3 is 0 Å². The first-order chi connectivity index (χ1) is 6.56. The average Bonchev–Trinajstić information content (AvgIpc) is 2.63. The molecule has 2 heteroatoms. The van der Waals surface area contributed by atoms with Crippen molar-refractivity contribution >= 4 is 17.1 Å². The third-order valence-electron chi connectivity index (χ3n) is 2.67. The monoisotopic (exact) mass is 210 g/mol. The number of aryl methyl sites for hydroxylation is 1. The highest BCUT2D eigenvalue weighted by molar-refractivity contribution is 7.14. The van der Waals surface area contributed by atoms with E-state index in [0.717, 1.165) is 11.3 Å². The van der Waals surface area contributed by atoms with E-state index in [-0.39, 0.29) is 5.92 Å². The van der Waals surface area contributed by atoms with Crippen LogP contribution in [0, 0.1) is 11.8 Å². The first-order valence-electron chi connectivity index (χ1n) is 5.19. The lowest BCUT2D eigenvalue weighted by molar-refractivity contribution is 0.0904. The van der Waals surface area contributed by atoms with Crippen molar-refractivity contribution in [3.8, 4) is 0 Å². The smallest absolute Gasteiger partial charge is 0.175 e. The summed E-state index contributed by atoms with van der Waals surface area (Å²) < 4.78 is 0. The van der Waals surface area contributed by atoms with E-state index in [0.29, 0.717) is 11.7 Å². The Morgan fingerprint density at radius 1 is 1.36 bits per heavy atom. The molecule has 0 spiro atoms. The van der Waals surface area contributed by atoms with Crippen molar-refractivity contribution in [3.63, 3.8) is 0 Å². The fraction of sp³-hybridized carbons (Fsp3) is 0.583. The van der Waals surface area contributed by atoms with E-state index in [1.807, 2.05) is 13.0 Å². The predicted molar refractivity (Wildman–Crippen MR) is 62.0 cm³/mol. The number of thiophene rings is 1. The third kappa shape index (κ3) is 2.44. The average molecular weight is 210 g/mol. The van der Waals surface area contributed by atoms with Gasteiger partial charge in [0.15, 0.2) is 5.78 Å². The second-order valence-corrected chi connectivity index (χ2v) is 5.18. The second-order valence-electron chi connectivity index (χ2n) is 4.02. The lowest BCUT2D eigenvalue weighted by atomic mass is 9.93. The molecule has 1 atom stereocenters. The maximum Gasteiger partial charge on any atom is 0.175 e. The fourth-order valence-corrected chi connectivity index (χ4v) is 2.21. The third-order valence-corrected chi connectivity index (χ3v) is 3.91. The predicted octanol–water partition coefficient (Wildman–Crippen LogP) is 3.79. The van der Waals surface area contributed by atoms with Gasteiger partial charge >= 0.3 is 0 Å². The van der Waals surface area contributed by atoms with Crippen LogP contribution in [0.5, 0.6) is 0 Å². The van der Waals surface area contributed by atoms with Crippen molar-refractivity contribution in [2.75, 3.05) is 0 Å². The molecule has 0 aliphatic heterocycles. The summed E-state index contributed by atoms with van der Waals surface area (Å²) in [5, 5.41) is 0. The standard InChI is InChI=1S/C12H18OS/c1-5-10-6-7-11(14-10)12(13)9(4)8(2)3/h6-9H,5H2,1-4H3. The molecule has 0 amide bonds. The largest absolute Gasteiger partial charge is 0.293 e. The highest BCUT2D eigenvalue weighted by atomic mass is 32.1. The lowest BCUT2D eigenvalue weighted by Gasteiger charge is -2.12. The Hall–Kier alpha value is -0.630. The second kappa shape index (κ2) is 4.74. The summed E-state index contributed by atoms with van der Waals surface area (Å²) >= 11 is 1.64. The van der Waals surface area contributed by atoms with E-state index >= 15 is 0 Å². The van der Waals surface area contributed by atoms with E-state index in [1.165, 1.54) is 4.88 Å². The van der Waals surface area contributed by atoms with Crippen molar-refractivity contribution in [2.24, 2.45) is 11.8 Å². The van der Waals surface area contributed by atoms with Crippen LogP contribution in [0.4, 0.5) is 0 Å². The van der Waals surface area contributed by atoms with Crippen LogP contribution in [-0.4, -0.2) is 5.78 Å². The van der Waals surface area contributed by atoms with Crippen LogP contribution in [0.25, 0.3) is 0 Å². The highest BCUT2D eigenvalue weighted by Gasteiger charge is 2.19. The molecule has 0 fully saturated rings. The van der Waals surface area contributed by atoms with Crippen LogP contribution < -0.4 is 0 Å². The quantitative estimate of drug-likeness (QED) is 0.691. The summed E-state index contributed by atoms with van der Waals surface area (Å²) in [5.74, 6) is 0.859. The molecule has 0 aliphatic carbocycles. The van der Waals surface area contributed by atoms with Crippen LogP contribution >= 0.6 is 11.3 Å². The van der Waals surface area contributed by atoms with E-state index in [9.17, 15) is 4.79 Å². The number of ketones is 1. The lowest BCUT2D eigenvalue weighted by Crippen LogP contribution is -2.15. The first-order valence-corrected chi connectivity index (χ1v) is 6.00. The Kier molecular flexibility index (Phi) is 3.87. The summed E-state index contributed by atoms with van der Waals surface area (Å²) in [6, 6.07) is 4.02. The molecule has 0 saturated carbocycles. The summed E-state index contributed by atoms with van der Waals surface area (Å²) in [7, 11) is 0. The molecule has 1 unspecified atom stereocenters. The fourth-order valence-electron chi connectivity index (χ4n) is 1.23. The van der Waals surface area contributed by atoms with E-state index in [4.69, 9.17) is 0 Å². The van der Waals surface area contributed by atoms with Crippen LogP contribution in [0.3, 0.4) is 0 Å². The Labute approximate surface area is 90.2 Å². The van der Waals surface area contributed by atoms with Gasteiger partial charge in [-0.25, -0.2) is 0 Å². The van der Waals surface area contributed by atoms with Crippen molar-refractivity contribution in [2.45, 2.75) is 34.1 Å². The minimum absolute atomic E-state index is 0.137. The zero-order valence-corrected chi connectivity index (χ0v) is 10.1. The SMILES string of the molecule is CCc1ccc(C(=O)C(C)C(C)C)s1. The number of carbonyl (C=O) groups excluding carboxylic acids is 1. The molecule has 1 heterocycles. The van der Waals surface area contributed by atoms with Crippen LogP contribution in [0.1, 0.15) is 42.2 Å². The van der Waals surface area contributed by atoms with Crippen molar-refractivity contribution in [3.05, 3.63) is 21.9 Å². The number of rotatable bonds is 4. The van der Waals surface area contributed by atoms with Gasteiger partial charge in [0.25, 0.3) is 0 Å². The van der Waals surface area contributed by atoms with Gasteiger partial charge in [-0.15, -0.1) is 11.3 Å². The number of hydrogen-bond donors (Lipinski definition) is 0. The topological polar surface area (TPSA) is 17.1 Å². The van der Waals surface area contributed by atoms with Gasteiger partial charge in [0.1, 0.15) is 0 Å². The molecule has 0 saturated heterocycles. The van der Waals surface area contributed by atoms with Crippen LogP contribution in [0.15, 0.2) is 12.1 Å². The molecule has 0 N–H and O–H groups in total. The van der Waals surface area contributed by atoms with E-state index in [2.05, 4.69) is 26.8 Å². The maximum atomic E-state index is 11.9. The molecule has 1 rings (SSSR count). The molecule has 0 aliphatic rings. The molecular weight excluding hydrogens is 192 g/mol. The number of hydrogen-bond acceptors (Lipinski definition) is 2. The molecular formula is C12H18OS. The van der Waals surface area contributed by atoms with Gasteiger partial charge in [-0.05, 0) is 24.5 Å². The highest BCUT2D eigenvalue weighted by Crippen LogP contribution is 2.23. The normalized spacial score (nSPS) is 13.2. The molecule has 1 aromatic heterocycles. The zero-order valence-electron chi connectivity index (χ0n) is 9.33. The van der Waals surface area contributed by atoms with Gasteiger partial charge in [-0.3, -0.25) is 4.79 Å². The van der Waals surface area contributed by atoms with Crippen LogP contribution in [0.2, 0.25) is 0 Å². The molecule has 14 heavy (non-hydrogen) atoms. The number of carbonyl (C=O) groups is 1. The van der Waals surface area contributed by atoms with E-state index in [1.54, 1.807) is 11.3 Å². The van der Waals surface area contributed by atoms with Gasteiger partial charge in [0, 0.05) is 10.8 Å². The minimum Gasteiger partial charge on any atom is -0.293 e. The van der Waals surface area contributed by atoms with Crippen molar-refractivity contribution in [1.29, 1.82) is 0 Å². The summed E-state index contributed by atoms with van der Waals surface area (Å²) in [5.41, 5.74) is 0.